The summed E-state index contributed by atoms with van der Waals surface area (Å²) in [6.45, 7) is 8.13. The summed E-state index contributed by atoms with van der Waals surface area (Å²) in [6, 6.07) is 0. The maximum atomic E-state index is 3.68. The van der Waals surface area contributed by atoms with Crippen molar-refractivity contribution >= 4 is 0 Å². The predicted molar refractivity (Wildman–Crippen MR) is 52.7 cm³/mol. The molecule has 0 N–H and O–H groups in total. The second kappa shape index (κ2) is 7.59. The molecule has 0 heteroatoms. The average molecular weight is 152 g/mol. The maximum absolute atomic E-state index is 3.68. The van der Waals surface area contributed by atoms with E-state index in [4.69, 9.17) is 0 Å². The number of hydrogen-bond donors (Lipinski definition) is 0. The van der Waals surface area contributed by atoms with E-state index in [0.717, 1.165) is 6.42 Å². The highest BCUT2D eigenvalue weighted by Gasteiger charge is 1.88. The summed E-state index contributed by atoms with van der Waals surface area (Å²) in [4.78, 5) is 0. The fraction of sp³-hybridized carbons (Fsp3) is 0.636. The van der Waals surface area contributed by atoms with Crippen molar-refractivity contribution in [2.45, 2.75) is 46.0 Å². The third-order valence-corrected chi connectivity index (χ3v) is 1.81. The van der Waals surface area contributed by atoms with E-state index in [1.807, 2.05) is 6.08 Å². The van der Waals surface area contributed by atoms with Crippen molar-refractivity contribution in [2.24, 2.45) is 0 Å². The summed E-state index contributed by atoms with van der Waals surface area (Å²) in [5.41, 5.74) is 1.51. The van der Waals surface area contributed by atoms with Crippen molar-refractivity contribution in [3.8, 4) is 0 Å². The Kier molecular flexibility index (Phi) is 7.23. The first kappa shape index (κ1) is 10.5. The van der Waals surface area contributed by atoms with Gasteiger partial charge in [0, 0.05) is 0 Å². The first-order valence-electron chi connectivity index (χ1n) is 4.57. The van der Waals surface area contributed by atoms with E-state index >= 15 is 0 Å². The van der Waals surface area contributed by atoms with Crippen molar-refractivity contribution < 1.29 is 0 Å². The summed E-state index contributed by atoms with van der Waals surface area (Å²) in [6.07, 6.45) is 10.5. The first-order chi connectivity index (χ1) is 5.31. The SMILES string of the molecule is C=CC/C=C(\C)CCCCC. The lowest BCUT2D eigenvalue weighted by atomic mass is 10.1. The van der Waals surface area contributed by atoms with Crippen LogP contribution in [-0.2, 0) is 0 Å². The van der Waals surface area contributed by atoms with Gasteiger partial charge in [-0.25, -0.2) is 0 Å². The molecular weight excluding hydrogens is 132 g/mol. The van der Waals surface area contributed by atoms with Crippen LogP contribution < -0.4 is 0 Å². The third-order valence-electron chi connectivity index (χ3n) is 1.81. The molecule has 0 amide bonds. The van der Waals surface area contributed by atoms with Gasteiger partial charge >= 0.3 is 0 Å². The normalized spacial score (nSPS) is 11.6. The molecule has 0 aromatic carbocycles. The van der Waals surface area contributed by atoms with Crippen molar-refractivity contribution in [1.82, 2.24) is 0 Å². The molecule has 64 valence electrons. The van der Waals surface area contributed by atoms with E-state index in [-0.39, 0.29) is 0 Å². The standard InChI is InChI=1S/C11H20/c1-4-6-8-10-11(3)9-7-5-2/h5,9H,2,4,6-8,10H2,1,3H3/b11-9+. The molecule has 0 saturated heterocycles. The molecule has 11 heavy (non-hydrogen) atoms. The molecule has 0 aliphatic rings. The second-order valence-electron chi connectivity index (χ2n) is 3.03. The van der Waals surface area contributed by atoms with Crippen molar-refractivity contribution in [3.05, 3.63) is 24.3 Å². The maximum Gasteiger partial charge on any atom is -0.0169 e. The Morgan fingerprint density at radius 3 is 2.64 bits per heavy atom. The minimum Gasteiger partial charge on any atom is -0.103 e. The predicted octanol–water partition coefficient (Wildman–Crippen LogP) is 4.09. The quantitative estimate of drug-likeness (QED) is 0.397. The van der Waals surface area contributed by atoms with Crippen LogP contribution in [0.5, 0.6) is 0 Å². The fourth-order valence-electron chi connectivity index (χ4n) is 1.04. The van der Waals surface area contributed by atoms with Crippen LogP contribution in [0.15, 0.2) is 24.3 Å². The lowest BCUT2D eigenvalue weighted by Crippen LogP contribution is -1.78. The van der Waals surface area contributed by atoms with Gasteiger partial charge in [-0.15, -0.1) is 6.58 Å². The Bertz CT molecular complexity index is 120. The molecule has 0 fully saturated rings. The van der Waals surface area contributed by atoms with E-state index in [1.54, 1.807) is 0 Å². The van der Waals surface area contributed by atoms with Gasteiger partial charge in [0.1, 0.15) is 0 Å². The van der Waals surface area contributed by atoms with Gasteiger partial charge in [-0.1, -0.05) is 37.5 Å². The van der Waals surface area contributed by atoms with Crippen LogP contribution in [0.1, 0.15) is 46.0 Å². The van der Waals surface area contributed by atoms with Crippen LogP contribution in [0.3, 0.4) is 0 Å². The van der Waals surface area contributed by atoms with Gasteiger partial charge in [0.25, 0.3) is 0 Å². The smallest absolute Gasteiger partial charge is 0.0169 e. The van der Waals surface area contributed by atoms with E-state index in [1.165, 1.54) is 31.3 Å². The Morgan fingerprint density at radius 1 is 1.36 bits per heavy atom. The molecule has 0 saturated carbocycles. The Labute approximate surface area is 71.0 Å². The summed E-state index contributed by atoms with van der Waals surface area (Å²) < 4.78 is 0. The number of unbranched alkanes of at least 4 members (excludes halogenated alkanes) is 2. The van der Waals surface area contributed by atoms with Crippen LogP contribution in [0, 0.1) is 0 Å². The molecule has 0 aromatic rings. The van der Waals surface area contributed by atoms with Crippen LogP contribution in [0.2, 0.25) is 0 Å². The molecule has 0 aliphatic heterocycles. The van der Waals surface area contributed by atoms with Gasteiger partial charge in [-0.2, -0.15) is 0 Å². The van der Waals surface area contributed by atoms with Crippen LogP contribution in [0.4, 0.5) is 0 Å². The van der Waals surface area contributed by atoms with Crippen LogP contribution in [-0.4, -0.2) is 0 Å². The molecule has 0 heterocycles. The lowest BCUT2D eigenvalue weighted by Gasteiger charge is -1.98. The van der Waals surface area contributed by atoms with Gasteiger partial charge < -0.3 is 0 Å². The van der Waals surface area contributed by atoms with Gasteiger partial charge in [-0.3, -0.25) is 0 Å². The van der Waals surface area contributed by atoms with E-state index in [0.29, 0.717) is 0 Å². The van der Waals surface area contributed by atoms with Gasteiger partial charge in [0.15, 0.2) is 0 Å². The second-order valence-corrected chi connectivity index (χ2v) is 3.03. The van der Waals surface area contributed by atoms with Crippen molar-refractivity contribution in [2.75, 3.05) is 0 Å². The van der Waals surface area contributed by atoms with Crippen molar-refractivity contribution in [1.29, 1.82) is 0 Å². The van der Waals surface area contributed by atoms with Crippen LogP contribution in [0.25, 0.3) is 0 Å². The number of rotatable bonds is 6. The molecule has 0 rings (SSSR count). The Hall–Kier alpha value is -0.520. The highest BCUT2D eigenvalue weighted by molar-refractivity contribution is 5.00. The molecule has 0 unspecified atom stereocenters. The molecule has 0 aliphatic carbocycles. The largest absolute Gasteiger partial charge is 0.103 e. The summed E-state index contributed by atoms with van der Waals surface area (Å²) >= 11 is 0. The minimum absolute atomic E-state index is 1.03. The van der Waals surface area contributed by atoms with Crippen molar-refractivity contribution in [3.63, 3.8) is 0 Å². The molecule has 0 atom stereocenters. The zero-order valence-corrected chi connectivity index (χ0v) is 7.90. The molecule has 0 spiro atoms. The monoisotopic (exact) mass is 152 g/mol. The molecule has 0 nitrogen and oxygen atoms in total. The highest BCUT2D eigenvalue weighted by atomic mass is 13.9. The Balaban J connectivity index is 3.34. The van der Waals surface area contributed by atoms with Crippen LogP contribution >= 0.6 is 0 Å². The van der Waals surface area contributed by atoms with E-state index < -0.39 is 0 Å². The molecule has 0 bridgehead atoms. The topological polar surface area (TPSA) is 0 Å². The summed E-state index contributed by atoms with van der Waals surface area (Å²) in [5.74, 6) is 0. The zero-order chi connectivity index (χ0) is 8.53. The Morgan fingerprint density at radius 2 is 2.09 bits per heavy atom. The third kappa shape index (κ3) is 7.38. The highest BCUT2D eigenvalue weighted by Crippen LogP contribution is 2.08. The molecule has 0 radical (unpaired) electrons. The minimum atomic E-state index is 1.03. The van der Waals surface area contributed by atoms with Gasteiger partial charge in [0.05, 0.1) is 0 Å². The van der Waals surface area contributed by atoms with E-state index in [9.17, 15) is 0 Å². The lowest BCUT2D eigenvalue weighted by molar-refractivity contribution is 0.712. The number of hydrogen-bond acceptors (Lipinski definition) is 0. The number of allylic oxidation sites excluding steroid dienone is 3. The zero-order valence-electron chi connectivity index (χ0n) is 7.90. The molecular formula is C11H20. The van der Waals surface area contributed by atoms with E-state index in [2.05, 4.69) is 26.5 Å². The summed E-state index contributed by atoms with van der Waals surface area (Å²) in [7, 11) is 0. The van der Waals surface area contributed by atoms with Gasteiger partial charge in [0.2, 0.25) is 0 Å². The first-order valence-corrected chi connectivity index (χ1v) is 4.57. The van der Waals surface area contributed by atoms with Gasteiger partial charge in [-0.05, 0) is 26.2 Å². The average Bonchev–Trinajstić information content (AvgIpc) is 2.01. The fourth-order valence-corrected chi connectivity index (χ4v) is 1.04. The summed E-state index contributed by atoms with van der Waals surface area (Å²) in [5, 5.41) is 0. The molecule has 0 aromatic heterocycles.